The first-order valence-corrected chi connectivity index (χ1v) is 9.42. The normalized spacial score (nSPS) is 14.5. The van der Waals surface area contributed by atoms with Crippen molar-refractivity contribution in [3.05, 3.63) is 59.9 Å². The monoisotopic (exact) mass is 514 g/mol. The molecule has 2 aromatic rings. The summed E-state index contributed by atoms with van der Waals surface area (Å²) >= 11 is 0. The Morgan fingerprint density at radius 1 is 1.00 bits per heavy atom. The van der Waals surface area contributed by atoms with Gasteiger partial charge in [-0.3, -0.25) is 0 Å². The van der Waals surface area contributed by atoms with Gasteiger partial charge in [-0.2, -0.15) is 0 Å². The van der Waals surface area contributed by atoms with Crippen LogP contribution in [-0.2, 0) is 11.3 Å². The van der Waals surface area contributed by atoms with Crippen molar-refractivity contribution < 1.29 is 13.9 Å². The van der Waals surface area contributed by atoms with Crippen LogP contribution in [0.2, 0.25) is 0 Å². The van der Waals surface area contributed by atoms with E-state index in [0.29, 0.717) is 25.7 Å². The zero-order valence-electron chi connectivity index (χ0n) is 16.6. The molecular weight excluding hydrogens is 486 g/mol. The van der Waals surface area contributed by atoms with Crippen molar-refractivity contribution in [2.75, 3.05) is 51.4 Å². The molecule has 29 heavy (non-hydrogen) atoms. The first-order valence-electron chi connectivity index (χ1n) is 9.42. The van der Waals surface area contributed by atoms with Gasteiger partial charge in [-0.15, -0.1) is 24.0 Å². The van der Waals surface area contributed by atoms with Crippen molar-refractivity contribution in [1.82, 2.24) is 4.90 Å². The van der Waals surface area contributed by atoms with Crippen molar-refractivity contribution >= 4 is 35.6 Å². The molecule has 1 aliphatic rings. The molecule has 0 radical (unpaired) electrons. The smallest absolute Gasteiger partial charge is 0.191 e. The molecule has 1 saturated heterocycles. The summed E-state index contributed by atoms with van der Waals surface area (Å²) in [5, 5.41) is 0. The number of hydrogen-bond acceptors (Lipinski definition) is 4. The fourth-order valence-electron chi connectivity index (χ4n) is 3.05. The number of methoxy groups -OCH3 is 1. The van der Waals surface area contributed by atoms with Crippen LogP contribution < -0.4 is 15.4 Å². The molecule has 158 valence electrons. The van der Waals surface area contributed by atoms with Gasteiger partial charge in [-0.05, 0) is 42.0 Å². The molecule has 1 fully saturated rings. The van der Waals surface area contributed by atoms with Gasteiger partial charge < -0.3 is 25.0 Å². The van der Waals surface area contributed by atoms with E-state index in [-0.39, 0.29) is 29.8 Å². The summed E-state index contributed by atoms with van der Waals surface area (Å²) in [5.74, 6) is 1.15. The Bertz CT molecular complexity index is 763. The fourth-order valence-corrected chi connectivity index (χ4v) is 3.05. The van der Waals surface area contributed by atoms with Gasteiger partial charge in [0, 0.05) is 39.0 Å². The molecule has 6 nitrogen and oxygen atoms in total. The number of halogens is 2. The molecule has 1 aliphatic heterocycles. The van der Waals surface area contributed by atoms with Crippen LogP contribution in [-0.4, -0.2) is 57.4 Å². The zero-order valence-corrected chi connectivity index (χ0v) is 18.9. The third kappa shape index (κ3) is 7.04. The lowest BCUT2D eigenvalue weighted by molar-refractivity contribution is 0.146. The summed E-state index contributed by atoms with van der Waals surface area (Å²) in [6.07, 6.45) is 0. The number of anilines is 1. The summed E-state index contributed by atoms with van der Waals surface area (Å²) in [5.41, 5.74) is 8.29. The molecule has 8 heteroatoms. The fraction of sp³-hybridized carbons (Fsp3) is 0.381. The molecule has 0 bridgehead atoms. The molecule has 3 rings (SSSR count). The van der Waals surface area contributed by atoms with Gasteiger partial charge in [0.2, 0.25) is 0 Å². The van der Waals surface area contributed by atoms with Crippen molar-refractivity contribution in [2.45, 2.75) is 6.54 Å². The number of nitrogens with two attached hydrogens (primary N) is 1. The van der Waals surface area contributed by atoms with Crippen molar-refractivity contribution in [3.63, 3.8) is 0 Å². The Labute approximate surface area is 188 Å². The maximum absolute atomic E-state index is 13.1. The lowest BCUT2D eigenvalue weighted by atomic mass is 10.2. The van der Waals surface area contributed by atoms with Crippen LogP contribution in [0.3, 0.4) is 0 Å². The van der Waals surface area contributed by atoms with Gasteiger partial charge >= 0.3 is 0 Å². The molecule has 0 amide bonds. The molecule has 2 N–H and O–H groups in total. The highest BCUT2D eigenvalue weighted by atomic mass is 127. The summed E-state index contributed by atoms with van der Waals surface area (Å²) in [6, 6.07) is 14.4. The second-order valence-corrected chi connectivity index (χ2v) is 6.61. The number of benzene rings is 2. The largest absolute Gasteiger partial charge is 0.491 e. The van der Waals surface area contributed by atoms with Gasteiger partial charge in [0.1, 0.15) is 18.2 Å². The average Bonchev–Trinajstić information content (AvgIpc) is 2.74. The quantitative estimate of drug-likeness (QED) is 0.267. The van der Waals surface area contributed by atoms with Crippen LogP contribution in [0.1, 0.15) is 5.56 Å². The number of hydrogen-bond donors (Lipinski definition) is 1. The number of nitrogens with zero attached hydrogens (tertiary/aromatic N) is 3. The Hall–Kier alpha value is -2.07. The number of guanidine groups is 1. The molecular formula is C21H28FIN4O2. The van der Waals surface area contributed by atoms with E-state index in [4.69, 9.17) is 15.2 Å². The van der Waals surface area contributed by atoms with Crippen LogP contribution in [0, 0.1) is 5.82 Å². The highest BCUT2D eigenvalue weighted by Crippen LogP contribution is 2.17. The predicted octanol–water partition coefficient (Wildman–Crippen LogP) is 3.11. The number of rotatable bonds is 7. The molecule has 1 heterocycles. The van der Waals surface area contributed by atoms with E-state index in [1.54, 1.807) is 7.11 Å². The minimum atomic E-state index is -0.215. The Balaban J connectivity index is 0.00000300. The highest BCUT2D eigenvalue weighted by molar-refractivity contribution is 14.0. The molecule has 2 aromatic carbocycles. The Kier molecular flexibility index (Phi) is 9.46. The lowest BCUT2D eigenvalue weighted by Gasteiger charge is -2.36. The third-order valence-corrected chi connectivity index (χ3v) is 4.70. The topological polar surface area (TPSA) is 63.3 Å². The number of ether oxygens (including phenoxy) is 2. The van der Waals surface area contributed by atoms with Gasteiger partial charge in [0.25, 0.3) is 0 Å². The van der Waals surface area contributed by atoms with Gasteiger partial charge in [0.15, 0.2) is 5.96 Å². The second-order valence-electron chi connectivity index (χ2n) is 6.61. The second kappa shape index (κ2) is 11.8. The number of piperazine rings is 1. The Morgan fingerprint density at radius 3 is 2.28 bits per heavy atom. The van der Waals surface area contributed by atoms with Gasteiger partial charge in [-0.25, -0.2) is 9.38 Å². The summed E-state index contributed by atoms with van der Waals surface area (Å²) in [7, 11) is 1.65. The Morgan fingerprint density at radius 2 is 1.66 bits per heavy atom. The maximum Gasteiger partial charge on any atom is 0.191 e. The summed E-state index contributed by atoms with van der Waals surface area (Å²) in [4.78, 5) is 8.84. The molecule has 0 unspecified atom stereocenters. The van der Waals surface area contributed by atoms with Gasteiger partial charge in [0.05, 0.1) is 13.2 Å². The molecule has 0 aromatic heterocycles. The molecule has 0 aliphatic carbocycles. The lowest BCUT2D eigenvalue weighted by Crippen LogP contribution is -2.51. The molecule has 0 atom stereocenters. The van der Waals surface area contributed by atoms with Crippen LogP contribution in [0.15, 0.2) is 53.5 Å². The minimum absolute atomic E-state index is 0. The SMILES string of the molecule is COCCOc1ccc(CN=C(N)N2CCN(c3ccc(F)cc3)CC2)cc1.I. The van der Waals surface area contributed by atoms with E-state index in [2.05, 4.69) is 14.8 Å². The van der Waals surface area contributed by atoms with Crippen molar-refractivity contribution in [1.29, 1.82) is 0 Å². The maximum atomic E-state index is 13.1. The summed E-state index contributed by atoms with van der Waals surface area (Å²) < 4.78 is 23.6. The predicted molar refractivity (Wildman–Crippen MR) is 125 cm³/mol. The van der Waals surface area contributed by atoms with E-state index in [1.165, 1.54) is 12.1 Å². The van der Waals surface area contributed by atoms with E-state index in [9.17, 15) is 4.39 Å². The van der Waals surface area contributed by atoms with E-state index < -0.39 is 0 Å². The van der Waals surface area contributed by atoms with Crippen molar-refractivity contribution in [3.8, 4) is 5.75 Å². The first-order chi connectivity index (χ1) is 13.7. The summed E-state index contributed by atoms with van der Waals surface area (Å²) in [6.45, 7) is 4.87. The van der Waals surface area contributed by atoms with E-state index in [0.717, 1.165) is 43.2 Å². The molecule has 0 spiro atoms. The standard InChI is InChI=1S/C21H27FN4O2.HI/c1-27-14-15-28-20-8-2-17(3-9-20)16-24-21(23)26-12-10-25(11-13-26)19-6-4-18(22)5-7-19;/h2-9H,10-16H2,1H3,(H2,23,24);1H. The van der Waals surface area contributed by atoms with E-state index >= 15 is 0 Å². The van der Waals surface area contributed by atoms with Crippen LogP contribution in [0.4, 0.5) is 10.1 Å². The average molecular weight is 514 g/mol. The minimum Gasteiger partial charge on any atom is -0.491 e. The first kappa shape index (κ1) is 23.2. The highest BCUT2D eigenvalue weighted by Gasteiger charge is 2.18. The van der Waals surface area contributed by atoms with E-state index in [1.807, 2.05) is 36.4 Å². The van der Waals surface area contributed by atoms with Crippen LogP contribution >= 0.6 is 24.0 Å². The van der Waals surface area contributed by atoms with Crippen LogP contribution in [0.5, 0.6) is 5.75 Å². The van der Waals surface area contributed by atoms with Crippen molar-refractivity contribution in [2.24, 2.45) is 10.7 Å². The molecule has 0 saturated carbocycles. The number of aliphatic imine (C=N–C) groups is 1. The van der Waals surface area contributed by atoms with Crippen LogP contribution in [0.25, 0.3) is 0 Å². The third-order valence-electron chi connectivity index (χ3n) is 4.70. The van der Waals surface area contributed by atoms with Gasteiger partial charge in [-0.1, -0.05) is 12.1 Å². The zero-order chi connectivity index (χ0) is 19.8.